The molecule has 2 aliphatic heterocycles. The number of benzene rings is 2. The normalized spacial score (nSPS) is 21.0. The maximum Gasteiger partial charge on any atom is 0.322 e. The molecule has 220 valence electrons. The van der Waals surface area contributed by atoms with E-state index in [4.69, 9.17) is 37.6 Å². The van der Waals surface area contributed by atoms with Gasteiger partial charge in [0.25, 0.3) is 5.91 Å². The van der Waals surface area contributed by atoms with E-state index in [1.54, 1.807) is 23.1 Å². The van der Waals surface area contributed by atoms with Gasteiger partial charge in [-0.15, -0.1) is 0 Å². The van der Waals surface area contributed by atoms with Crippen molar-refractivity contribution in [3.63, 3.8) is 0 Å². The number of carboxylic acid groups (broad SMARTS) is 1. The second-order valence-corrected chi connectivity index (χ2v) is 11.6. The maximum absolute atomic E-state index is 14.7. The Morgan fingerprint density at radius 3 is 2.45 bits per heavy atom. The number of carbonyl (C=O) groups is 3. The summed E-state index contributed by atoms with van der Waals surface area (Å²) in [5.74, 6) is -1.63. The topological polar surface area (TPSA) is 134 Å². The zero-order valence-electron chi connectivity index (χ0n) is 22.2. The van der Waals surface area contributed by atoms with E-state index in [0.717, 1.165) is 36.7 Å². The van der Waals surface area contributed by atoms with Gasteiger partial charge in [0, 0.05) is 34.7 Å². The minimum Gasteiger partial charge on any atom is -0.480 e. The van der Waals surface area contributed by atoms with Gasteiger partial charge in [0.2, 0.25) is 0 Å². The van der Waals surface area contributed by atoms with Crippen LogP contribution in [0.4, 0.5) is 14.9 Å². The molecule has 4 aliphatic rings. The summed E-state index contributed by atoms with van der Waals surface area (Å²) in [5.41, 5.74) is 1.92. The van der Waals surface area contributed by atoms with Crippen molar-refractivity contribution in [2.24, 2.45) is 0 Å². The number of aliphatic carboxylic acids is 1. The Kier molecular flexibility index (Phi) is 7.82. The fourth-order valence-electron chi connectivity index (χ4n) is 5.74. The number of aromatic nitrogens is 1. The number of hydrogen-bond donors (Lipinski definition) is 3. The third-order valence-corrected chi connectivity index (χ3v) is 8.57. The second kappa shape index (κ2) is 11.5. The monoisotopic (exact) mass is 616 g/mol. The SMILES string of the molecule is O=C(O)CNC(=O)c1ccc(NC(=O)N2C3CC(OCc4c(-c5c(Cl)cccc5Cl)noc4C4CC4)CC2C3)c(F)c1. The molecule has 3 heterocycles. The highest BCUT2D eigenvalue weighted by atomic mass is 35.5. The number of hydrogen-bond acceptors (Lipinski definition) is 6. The van der Waals surface area contributed by atoms with Gasteiger partial charge in [0.05, 0.1) is 28.4 Å². The second-order valence-electron chi connectivity index (χ2n) is 10.8. The molecule has 2 saturated carbocycles. The minimum absolute atomic E-state index is 0.0508. The molecule has 2 bridgehead atoms. The number of anilines is 1. The van der Waals surface area contributed by atoms with Gasteiger partial charge >= 0.3 is 12.0 Å². The largest absolute Gasteiger partial charge is 0.480 e. The van der Waals surface area contributed by atoms with Gasteiger partial charge in [-0.3, -0.25) is 9.59 Å². The van der Waals surface area contributed by atoms with Crippen LogP contribution in [0.5, 0.6) is 0 Å². The first-order chi connectivity index (χ1) is 20.2. The van der Waals surface area contributed by atoms with Crippen LogP contribution in [0, 0.1) is 5.82 Å². The Labute approximate surface area is 250 Å². The van der Waals surface area contributed by atoms with E-state index in [1.807, 2.05) is 0 Å². The molecule has 2 aromatic carbocycles. The number of halogens is 3. The molecule has 2 unspecified atom stereocenters. The summed E-state index contributed by atoms with van der Waals surface area (Å²) in [6.45, 7) is -0.307. The summed E-state index contributed by atoms with van der Waals surface area (Å²) in [4.78, 5) is 37.4. The van der Waals surface area contributed by atoms with E-state index in [1.165, 1.54) is 12.1 Å². The van der Waals surface area contributed by atoms with Gasteiger partial charge in [-0.05, 0) is 62.4 Å². The van der Waals surface area contributed by atoms with Crippen molar-refractivity contribution in [1.82, 2.24) is 15.4 Å². The molecule has 13 heteroatoms. The fourth-order valence-corrected chi connectivity index (χ4v) is 6.31. The van der Waals surface area contributed by atoms with Crippen LogP contribution in [0.1, 0.15) is 59.7 Å². The summed E-state index contributed by atoms with van der Waals surface area (Å²) in [6, 6.07) is 8.31. The third-order valence-electron chi connectivity index (χ3n) is 7.94. The summed E-state index contributed by atoms with van der Waals surface area (Å²) < 4.78 is 26.7. The van der Waals surface area contributed by atoms with Gasteiger partial charge in [-0.1, -0.05) is 34.4 Å². The van der Waals surface area contributed by atoms with Crippen LogP contribution in [0.3, 0.4) is 0 Å². The third kappa shape index (κ3) is 5.68. The number of fused-ring (bicyclic) bond motifs is 2. The molecule has 4 fully saturated rings. The van der Waals surface area contributed by atoms with Gasteiger partial charge in [-0.25, -0.2) is 9.18 Å². The van der Waals surface area contributed by atoms with E-state index in [-0.39, 0.29) is 36.0 Å². The highest BCUT2D eigenvalue weighted by Crippen LogP contribution is 2.47. The van der Waals surface area contributed by atoms with E-state index in [0.29, 0.717) is 40.1 Å². The molecule has 2 aliphatic carbocycles. The average molecular weight is 617 g/mol. The van der Waals surface area contributed by atoms with Crippen LogP contribution in [0.15, 0.2) is 40.9 Å². The van der Waals surface area contributed by atoms with Crippen LogP contribution in [-0.2, 0) is 16.1 Å². The van der Waals surface area contributed by atoms with Crippen LogP contribution in [0.2, 0.25) is 10.0 Å². The Morgan fingerprint density at radius 1 is 1.10 bits per heavy atom. The van der Waals surface area contributed by atoms with Crippen molar-refractivity contribution in [1.29, 1.82) is 0 Å². The first-order valence-corrected chi connectivity index (χ1v) is 14.4. The molecular formula is C29H27Cl2FN4O6. The predicted octanol–water partition coefficient (Wildman–Crippen LogP) is 5.83. The molecule has 10 nitrogen and oxygen atoms in total. The number of nitrogens with zero attached hydrogens (tertiary/aromatic N) is 2. The lowest BCUT2D eigenvalue weighted by Crippen LogP contribution is -2.65. The molecule has 3 aromatic rings. The van der Waals surface area contributed by atoms with Gasteiger partial charge in [-0.2, -0.15) is 0 Å². The van der Waals surface area contributed by atoms with E-state index in [9.17, 15) is 18.8 Å². The Balaban J connectivity index is 1.07. The van der Waals surface area contributed by atoms with Crippen LogP contribution >= 0.6 is 23.2 Å². The fraction of sp³-hybridized carbons (Fsp3) is 0.379. The minimum atomic E-state index is -1.21. The maximum atomic E-state index is 14.7. The standard InChI is InChI=1S/C29H27Cl2FN4O6/c30-20-2-1-3-21(31)25(20)26-19(27(42-35-26)14-4-5-14)13-41-18-10-16-9-17(11-18)36(16)29(40)34-23-7-6-15(8-22(23)32)28(39)33-12-24(37)38/h1-3,6-8,14,16-18H,4-5,9-13H2,(H,33,39)(H,34,40)(H,37,38). The number of nitrogens with one attached hydrogen (secondary N) is 2. The quantitative estimate of drug-likeness (QED) is 0.275. The van der Waals surface area contributed by atoms with Gasteiger partial charge in [0.1, 0.15) is 23.8 Å². The molecule has 2 atom stereocenters. The van der Waals surface area contributed by atoms with Crippen LogP contribution in [0.25, 0.3) is 11.3 Å². The number of piperidine rings is 1. The van der Waals surface area contributed by atoms with E-state index < -0.39 is 30.3 Å². The molecular weight excluding hydrogens is 590 g/mol. The zero-order chi connectivity index (χ0) is 29.5. The first kappa shape index (κ1) is 28.4. The van der Waals surface area contributed by atoms with Crippen molar-refractivity contribution in [2.45, 2.75) is 62.8 Å². The molecule has 1 aromatic heterocycles. The summed E-state index contributed by atoms with van der Waals surface area (Å²) in [6.07, 6.45) is 4.05. The van der Waals surface area contributed by atoms with Crippen LogP contribution < -0.4 is 10.6 Å². The molecule has 3 amide bonds. The van der Waals surface area contributed by atoms with Gasteiger partial charge < -0.3 is 29.9 Å². The molecule has 0 radical (unpaired) electrons. The number of carboxylic acids is 1. The van der Waals surface area contributed by atoms with E-state index >= 15 is 0 Å². The zero-order valence-corrected chi connectivity index (χ0v) is 23.8. The first-order valence-electron chi connectivity index (χ1n) is 13.6. The van der Waals surface area contributed by atoms with Crippen molar-refractivity contribution >= 4 is 46.8 Å². The van der Waals surface area contributed by atoms with Gasteiger partial charge in [0.15, 0.2) is 0 Å². The highest BCUT2D eigenvalue weighted by molar-refractivity contribution is 6.39. The lowest BCUT2D eigenvalue weighted by molar-refractivity contribution is -0.135. The number of urea groups is 1. The highest BCUT2D eigenvalue weighted by Gasteiger charge is 2.48. The summed E-state index contributed by atoms with van der Waals surface area (Å²) >= 11 is 12.9. The number of ether oxygens (including phenoxy) is 1. The Morgan fingerprint density at radius 2 is 1.81 bits per heavy atom. The molecule has 2 saturated heterocycles. The molecule has 42 heavy (non-hydrogen) atoms. The van der Waals surface area contributed by atoms with Crippen molar-refractivity contribution in [2.75, 3.05) is 11.9 Å². The average Bonchev–Trinajstić information content (AvgIpc) is 3.71. The predicted molar refractivity (Wildman–Crippen MR) is 151 cm³/mol. The molecule has 7 rings (SSSR count). The number of carbonyl (C=O) groups excluding carboxylic acids is 2. The molecule has 3 N–H and O–H groups in total. The molecule has 0 spiro atoms. The van der Waals surface area contributed by atoms with Crippen molar-refractivity contribution in [3.8, 4) is 11.3 Å². The Bertz CT molecular complexity index is 1530. The van der Waals surface area contributed by atoms with E-state index in [2.05, 4.69) is 15.8 Å². The lowest BCUT2D eigenvalue weighted by atomic mass is 9.78. The Hall–Kier alpha value is -3.67. The smallest absolute Gasteiger partial charge is 0.322 e. The van der Waals surface area contributed by atoms with Crippen molar-refractivity contribution < 1.29 is 33.1 Å². The van der Waals surface area contributed by atoms with Crippen molar-refractivity contribution in [3.05, 3.63) is 69.1 Å². The lowest BCUT2D eigenvalue weighted by Gasteiger charge is -2.54. The summed E-state index contributed by atoms with van der Waals surface area (Å²) in [5, 5.41) is 18.7. The summed E-state index contributed by atoms with van der Waals surface area (Å²) in [7, 11) is 0. The number of rotatable bonds is 9. The number of amides is 3. The van der Waals surface area contributed by atoms with Crippen LogP contribution in [-0.4, -0.2) is 57.8 Å².